The molecule has 0 radical (unpaired) electrons. The number of fused-ring (bicyclic) bond motifs is 5. The van der Waals surface area contributed by atoms with Crippen molar-refractivity contribution in [3.63, 3.8) is 0 Å². The SMILES string of the molecule is C[C@]12CC[C@H]3[C@@H](CC=C4C[C@@H](O)CC[C@@]43C)[C@@H]1CC[C@@H]2[C@H](O)[C@@H](O)Cc1ccc(F)cc1. The highest BCUT2D eigenvalue weighted by molar-refractivity contribution is 5.25. The summed E-state index contributed by atoms with van der Waals surface area (Å²) in [4.78, 5) is 0. The first kappa shape index (κ1) is 22.6. The van der Waals surface area contributed by atoms with Crippen LogP contribution in [0.5, 0.6) is 0 Å². The van der Waals surface area contributed by atoms with Gasteiger partial charge in [-0.05, 0) is 104 Å². The summed E-state index contributed by atoms with van der Waals surface area (Å²) in [6.45, 7) is 4.81. The van der Waals surface area contributed by atoms with Crippen LogP contribution >= 0.6 is 0 Å². The van der Waals surface area contributed by atoms with E-state index >= 15 is 0 Å². The van der Waals surface area contributed by atoms with Crippen LogP contribution in [0.3, 0.4) is 0 Å². The molecule has 4 heteroatoms. The average Bonchev–Trinajstić information content (AvgIpc) is 3.12. The Bertz CT molecular complexity index is 866. The number of aliphatic hydroxyl groups is 3. The summed E-state index contributed by atoms with van der Waals surface area (Å²) < 4.78 is 13.2. The van der Waals surface area contributed by atoms with Crippen LogP contribution in [-0.4, -0.2) is 33.6 Å². The van der Waals surface area contributed by atoms with Crippen molar-refractivity contribution in [1.29, 1.82) is 0 Å². The average molecular weight is 443 g/mol. The van der Waals surface area contributed by atoms with E-state index in [9.17, 15) is 19.7 Å². The van der Waals surface area contributed by atoms with E-state index in [2.05, 4.69) is 19.9 Å². The Balaban J connectivity index is 1.33. The van der Waals surface area contributed by atoms with Crippen molar-refractivity contribution in [3.8, 4) is 0 Å². The quantitative estimate of drug-likeness (QED) is 0.573. The number of benzene rings is 1. The number of rotatable bonds is 4. The van der Waals surface area contributed by atoms with Gasteiger partial charge in [-0.3, -0.25) is 0 Å². The van der Waals surface area contributed by atoms with Crippen LogP contribution in [0.15, 0.2) is 35.9 Å². The summed E-state index contributed by atoms with van der Waals surface area (Å²) in [5, 5.41) is 32.3. The maximum absolute atomic E-state index is 13.2. The van der Waals surface area contributed by atoms with E-state index in [1.165, 1.54) is 24.1 Å². The van der Waals surface area contributed by atoms with Gasteiger partial charge in [0.2, 0.25) is 0 Å². The van der Waals surface area contributed by atoms with Crippen LogP contribution in [-0.2, 0) is 6.42 Å². The highest BCUT2D eigenvalue weighted by Gasteiger charge is 2.60. The summed E-state index contributed by atoms with van der Waals surface area (Å²) in [6, 6.07) is 6.23. The monoisotopic (exact) mass is 442 g/mol. The third-order valence-corrected chi connectivity index (χ3v) is 10.3. The molecule has 4 aliphatic carbocycles. The molecule has 4 aliphatic rings. The van der Waals surface area contributed by atoms with Crippen molar-refractivity contribution in [2.24, 2.45) is 34.5 Å². The number of allylic oxidation sites excluding steroid dienone is 1. The number of hydrogen-bond donors (Lipinski definition) is 3. The maximum atomic E-state index is 13.2. The van der Waals surface area contributed by atoms with Crippen LogP contribution in [0.25, 0.3) is 0 Å². The molecule has 0 aromatic heterocycles. The lowest BCUT2D eigenvalue weighted by Crippen LogP contribution is -2.52. The molecule has 0 spiro atoms. The maximum Gasteiger partial charge on any atom is 0.123 e. The molecule has 5 rings (SSSR count). The molecule has 0 heterocycles. The Labute approximate surface area is 191 Å². The summed E-state index contributed by atoms with van der Waals surface area (Å²) in [5.41, 5.74) is 2.63. The molecule has 3 nitrogen and oxygen atoms in total. The first-order valence-electron chi connectivity index (χ1n) is 12.7. The lowest BCUT2D eigenvalue weighted by atomic mass is 9.47. The predicted octanol–water partition coefficient (Wildman–Crippen LogP) is 5.03. The highest BCUT2D eigenvalue weighted by atomic mass is 19.1. The van der Waals surface area contributed by atoms with Gasteiger partial charge in [0.25, 0.3) is 0 Å². The number of aliphatic hydroxyl groups excluding tert-OH is 3. The Morgan fingerprint density at radius 1 is 1.00 bits per heavy atom. The second-order valence-corrected chi connectivity index (χ2v) is 11.8. The third kappa shape index (κ3) is 3.58. The molecule has 9 atom stereocenters. The normalized spacial score (nSPS) is 42.9. The standard InChI is InChI=1S/C28H39FO3/c1-27-13-11-20(30)16-18(27)5-8-21-22-9-10-24(28(22,2)14-12-23(21)27)26(32)25(31)15-17-3-6-19(29)7-4-17/h3-7,20-26,30-32H,8-16H2,1-2H3/t20-,21-,22-,23-,24+,25-,26-,27-,28-/m0/s1. The van der Waals surface area contributed by atoms with Gasteiger partial charge in [0.05, 0.1) is 18.3 Å². The fourth-order valence-corrected chi connectivity index (χ4v) is 8.49. The van der Waals surface area contributed by atoms with E-state index < -0.39 is 12.2 Å². The first-order valence-corrected chi connectivity index (χ1v) is 12.7. The first-order chi connectivity index (χ1) is 15.2. The Kier molecular flexibility index (Phi) is 5.79. The molecule has 32 heavy (non-hydrogen) atoms. The minimum absolute atomic E-state index is 0.0558. The molecule has 3 N–H and O–H groups in total. The van der Waals surface area contributed by atoms with E-state index in [0.29, 0.717) is 24.2 Å². The molecule has 176 valence electrons. The molecule has 3 fully saturated rings. The van der Waals surface area contributed by atoms with Crippen molar-refractivity contribution in [3.05, 3.63) is 47.3 Å². The summed E-state index contributed by atoms with van der Waals surface area (Å²) in [6.07, 6.45) is 9.39. The second-order valence-electron chi connectivity index (χ2n) is 11.8. The van der Waals surface area contributed by atoms with Crippen molar-refractivity contribution >= 4 is 0 Å². The van der Waals surface area contributed by atoms with Crippen molar-refractivity contribution in [2.75, 3.05) is 0 Å². The summed E-state index contributed by atoms with van der Waals surface area (Å²) >= 11 is 0. The summed E-state index contributed by atoms with van der Waals surface area (Å²) in [5.74, 6) is 1.73. The topological polar surface area (TPSA) is 60.7 Å². The molecule has 0 saturated heterocycles. The molecule has 1 aromatic carbocycles. The van der Waals surface area contributed by atoms with Gasteiger partial charge in [0.1, 0.15) is 5.82 Å². The van der Waals surface area contributed by atoms with Gasteiger partial charge in [-0.15, -0.1) is 0 Å². The van der Waals surface area contributed by atoms with E-state index in [1.807, 2.05) is 0 Å². The number of halogens is 1. The highest BCUT2D eigenvalue weighted by Crippen LogP contribution is 2.66. The second kappa shape index (κ2) is 8.21. The van der Waals surface area contributed by atoms with Gasteiger partial charge in [-0.2, -0.15) is 0 Å². The smallest absolute Gasteiger partial charge is 0.123 e. The van der Waals surface area contributed by atoms with E-state index in [4.69, 9.17) is 0 Å². The predicted molar refractivity (Wildman–Crippen MR) is 123 cm³/mol. The molecule has 0 unspecified atom stereocenters. The van der Waals surface area contributed by atoms with Crippen molar-refractivity contribution in [1.82, 2.24) is 0 Å². The van der Waals surface area contributed by atoms with Gasteiger partial charge >= 0.3 is 0 Å². The molecular formula is C28H39FO3. The molecule has 0 amide bonds. The zero-order valence-electron chi connectivity index (χ0n) is 19.5. The van der Waals surface area contributed by atoms with Crippen LogP contribution in [0.4, 0.5) is 4.39 Å². The van der Waals surface area contributed by atoms with E-state index in [1.54, 1.807) is 12.1 Å². The molecule has 3 saturated carbocycles. The zero-order chi connectivity index (χ0) is 22.7. The molecular weight excluding hydrogens is 403 g/mol. The fourth-order valence-electron chi connectivity index (χ4n) is 8.49. The van der Waals surface area contributed by atoms with Gasteiger partial charge in [-0.25, -0.2) is 4.39 Å². The minimum atomic E-state index is -0.825. The Morgan fingerprint density at radius 3 is 2.50 bits per heavy atom. The lowest BCUT2D eigenvalue weighted by Gasteiger charge is -2.58. The van der Waals surface area contributed by atoms with Gasteiger partial charge in [0.15, 0.2) is 0 Å². The molecule has 0 bridgehead atoms. The third-order valence-electron chi connectivity index (χ3n) is 10.3. The minimum Gasteiger partial charge on any atom is -0.393 e. The largest absolute Gasteiger partial charge is 0.393 e. The van der Waals surface area contributed by atoms with Crippen LogP contribution in [0.1, 0.15) is 70.8 Å². The summed E-state index contributed by atoms with van der Waals surface area (Å²) in [7, 11) is 0. The fraction of sp³-hybridized carbons (Fsp3) is 0.714. The van der Waals surface area contributed by atoms with Crippen LogP contribution in [0.2, 0.25) is 0 Å². The van der Waals surface area contributed by atoms with Crippen molar-refractivity contribution < 1.29 is 19.7 Å². The van der Waals surface area contributed by atoms with E-state index in [0.717, 1.165) is 50.5 Å². The van der Waals surface area contributed by atoms with Gasteiger partial charge < -0.3 is 15.3 Å². The van der Waals surface area contributed by atoms with Crippen LogP contribution in [0, 0.1) is 40.3 Å². The van der Waals surface area contributed by atoms with Gasteiger partial charge in [-0.1, -0.05) is 37.6 Å². The molecule has 1 aromatic rings. The zero-order valence-corrected chi connectivity index (χ0v) is 19.5. The van der Waals surface area contributed by atoms with Crippen molar-refractivity contribution in [2.45, 2.75) is 89.9 Å². The van der Waals surface area contributed by atoms with E-state index in [-0.39, 0.29) is 28.7 Å². The lowest BCUT2D eigenvalue weighted by molar-refractivity contribution is -0.0951. The number of hydrogen-bond acceptors (Lipinski definition) is 3. The molecule has 0 aliphatic heterocycles. The van der Waals surface area contributed by atoms with Crippen LogP contribution < -0.4 is 0 Å². The van der Waals surface area contributed by atoms with Gasteiger partial charge in [0, 0.05) is 6.42 Å². The Morgan fingerprint density at radius 2 is 1.75 bits per heavy atom. The Hall–Kier alpha value is -1.23.